The van der Waals surface area contributed by atoms with Gasteiger partial charge in [0.2, 0.25) is 0 Å². The Hall–Kier alpha value is -0.620. The lowest BCUT2D eigenvalue weighted by Gasteiger charge is -2.15. The number of halogens is 1. The fraction of sp³-hybridized carbons (Fsp3) is 0.538. The summed E-state index contributed by atoms with van der Waals surface area (Å²) in [6.45, 7) is 1.79. The third-order valence-corrected chi connectivity index (χ3v) is 4.69. The third-order valence-electron chi connectivity index (χ3n) is 3.26. The van der Waals surface area contributed by atoms with Crippen molar-refractivity contribution in [1.29, 1.82) is 0 Å². The van der Waals surface area contributed by atoms with Crippen molar-refractivity contribution < 1.29 is 9.32 Å². The summed E-state index contributed by atoms with van der Waals surface area (Å²) in [7, 11) is 3.08. The molecule has 108 valence electrons. The molecule has 1 aliphatic heterocycles. The first-order valence-electron chi connectivity index (χ1n) is 6.13. The number of aliphatic hydroxyl groups is 1. The summed E-state index contributed by atoms with van der Waals surface area (Å²) in [5.74, 6) is 0.600. The molecule has 4 nitrogen and oxygen atoms in total. The minimum absolute atomic E-state index is 0. The Morgan fingerprint density at radius 1 is 1.42 bits per heavy atom. The molecule has 0 radical (unpaired) electrons. The molecule has 1 unspecified atom stereocenters. The summed E-state index contributed by atoms with van der Waals surface area (Å²) < 4.78 is 11.9. The van der Waals surface area contributed by atoms with Crippen LogP contribution < -0.4 is 4.90 Å². The molecule has 0 amide bonds. The van der Waals surface area contributed by atoms with Crippen molar-refractivity contribution in [3.05, 3.63) is 23.8 Å². The van der Waals surface area contributed by atoms with Crippen molar-refractivity contribution in [1.82, 2.24) is 4.90 Å². The summed E-state index contributed by atoms with van der Waals surface area (Å²) in [6, 6.07) is 6.22. The Morgan fingerprint density at radius 2 is 2.16 bits per heavy atom. The van der Waals surface area contributed by atoms with E-state index in [4.69, 9.17) is 5.11 Å². The molecule has 1 aromatic rings. The zero-order chi connectivity index (χ0) is 13.1. The van der Waals surface area contributed by atoms with Crippen molar-refractivity contribution in [2.45, 2.75) is 11.3 Å². The molecule has 0 aliphatic carbocycles. The van der Waals surface area contributed by atoms with Gasteiger partial charge in [-0.1, -0.05) is 6.07 Å². The number of hydrogen-bond acceptors (Lipinski definition) is 4. The SMILES string of the molecule is CN(CCO)CCc1ccc2c(c1)S(=O)CN2C.Cl. The second kappa shape index (κ2) is 7.24. The van der Waals surface area contributed by atoms with Crippen LogP contribution in [0.15, 0.2) is 23.1 Å². The van der Waals surface area contributed by atoms with E-state index in [0.717, 1.165) is 23.5 Å². The molecule has 0 aromatic heterocycles. The van der Waals surface area contributed by atoms with Gasteiger partial charge in [0.25, 0.3) is 0 Å². The van der Waals surface area contributed by atoms with Gasteiger partial charge >= 0.3 is 0 Å². The van der Waals surface area contributed by atoms with Crippen LogP contribution in [-0.2, 0) is 17.2 Å². The first-order chi connectivity index (χ1) is 8.61. The molecule has 1 N–H and O–H groups in total. The van der Waals surface area contributed by atoms with Crippen LogP contribution in [0.2, 0.25) is 0 Å². The van der Waals surface area contributed by atoms with Crippen LogP contribution in [0.4, 0.5) is 5.69 Å². The van der Waals surface area contributed by atoms with E-state index in [0.29, 0.717) is 12.4 Å². The topological polar surface area (TPSA) is 43.8 Å². The second-order valence-electron chi connectivity index (χ2n) is 4.75. The highest BCUT2D eigenvalue weighted by molar-refractivity contribution is 7.85. The lowest BCUT2D eigenvalue weighted by atomic mass is 10.1. The van der Waals surface area contributed by atoms with Crippen LogP contribution >= 0.6 is 12.4 Å². The summed E-state index contributed by atoms with van der Waals surface area (Å²) in [5, 5.41) is 8.84. The number of anilines is 1. The van der Waals surface area contributed by atoms with Crippen LogP contribution in [0.5, 0.6) is 0 Å². The molecule has 0 bridgehead atoms. The van der Waals surface area contributed by atoms with Gasteiger partial charge in [-0.15, -0.1) is 12.4 Å². The molecular formula is C13H21ClN2O2S. The Kier molecular flexibility index (Phi) is 6.26. The Labute approximate surface area is 123 Å². The van der Waals surface area contributed by atoms with Crippen LogP contribution in [0.3, 0.4) is 0 Å². The zero-order valence-electron chi connectivity index (χ0n) is 11.3. The summed E-state index contributed by atoms with van der Waals surface area (Å²) in [4.78, 5) is 5.09. The first kappa shape index (κ1) is 16.4. The maximum absolute atomic E-state index is 11.9. The summed E-state index contributed by atoms with van der Waals surface area (Å²) in [5.41, 5.74) is 2.29. The van der Waals surface area contributed by atoms with Crippen molar-refractivity contribution in [3.63, 3.8) is 0 Å². The highest BCUT2D eigenvalue weighted by Gasteiger charge is 2.22. The van der Waals surface area contributed by atoms with E-state index >= 15 is 0 Å². The monoisotopic (exact) mass is 304 g/mol. The Morgan fingerprint density at radius 3 is 2.84 bits per heavy atom. The normalized spacial score (nSPS) is 17.5. The summed E-state index contributed by atoms with van der Waals surface area (Å²) in [6.07, 6.45) is 0.921. The largest absolute Gasteiger partial charge is 0.395 e. The average molecular weight is 305 g/mol. The minimum Gasteiger partial charge on any atom is -0.395 e. The van der Waals surface area contributed by atoms with Gasteiger partial charge in [0.05, 0.1) is 33.9 Å². The van der Waals surface area contributed by atoms with E-state index in [1.54, 1.807) is 0 Å². The van der Waals surface area contributed by atoms with E-state index in [1.165, 1.54) is 5.56 Å². The van der Waals surface area contributed by atoms with Crippen molar-refractivity contribution >= 4 is 28.9 Å². The predicted molar refractivity (Wildman–Crippen MR) is 81.7 cm³/mol. The number of hydrogen-bond donors (Lipinski definition) is 1. The Bertz CT molecular complexity index is 456. The van der Waals surface area contributed by atoms with Crippen LogP contribution in [-0.4, -0.2) is 53.9 Å². The summed E-state index contributed by atoms with van der Waals surface area (Å²) >= 11 is 0. The molecular weight excluding hydrogens is 284 g/mol. The standard InChI is InChI=1S/C13H20N2O2S.ClH/c1-14(7-8-16)6-5-11-3-4-12-13(9-11)18(17)10-15(12)2;/h3-4,9,16H,5-8,10H2,1-2H3;1H. The minimum atomic E-state index is -0.884. The smallest absolute Gasteiger partial charge is 0.0982 e. The predicted octanol–water partition coefficient (Wildman–Crippen LogP) is 1.09. The van der Waals surface area contributed by atoms with Gasteiger partial charge in [0.15, 0.2) is 0 Å². The fourth-order valence-electron chi connectivity index (χ4n) is 2.13. The van der Waals surface area contributed by atoms with Crippen molar-refractivity contribution in [2.24, 2.45) is 0 Å². The third kappa shape index (κ3) is 3.92. The van der Waals surface area contributed by atoms with E-state index in [1.807, 2.05) is 19.0 Å². The van der Waals surface area contributed by atoms with Crippen LogP contribution in [0.25, 0.3) is 0 Å². The molecule has 2 rings (SSSR count). The number of fused-ring (bicyclic) bond motifs is 1. The number of likely N-dealkylation sites (N-methyl/N-ethyl adjacent to an activating group) is 1. The quantitative estimate of drug-likeness (QED) is 0.884. The molecule has 0 saturated carbocycles. The van der Waals surface area contributed by atoms with E-state index in [9.17, 15) is 4.21 Å². The van der Waals surface area contributed by atoms with Gasteiger partial charge in [-0.2, -0.15) is 0 Å². The van der Waals surface area contributed by atoms with E-state index in [-0.39, 0.29) is 19.0 Å². The molecule has 0 saturated heterocycles. The number of nitrogens with zero attached hydrogens (tertiary/aromatic N) is 2. The van der Waals surface area contributed by atoms with Gasteiger partial charge in [0.1, 0.15) is 0 Å². The number of aliphatic hydroxyl groups excluding tert-OH is 1. The average Bonchev–Trinajstić information content (AvgIpc) is 2.63. The number of benzene rings is 1. The van der Waals surface area contributed by atoms with Gasteiger partial charge in [-0.05, 0) is 31.2 Å². The van der Waals surface area contributed by atoms with Crippen molar-refractivity contribution in [2.75, 3.05) is 44.6 Å². The molecule has 1 heterocycles. The lowest BCUT2D eigenvalue weighted by Crippen LogP contribution is -2.24. The van der Waals surface area contributed by atoms with Crippen LogP contribution in [0.1, 0.15) is 5.56 Å². The highest BCUT2D eigenvalue weighted by Crippen LogP contribution is 2.30. The molecule has 1 atom stereocenters. The zero-order valence-corrected chi connectivity index (χ0v) is 13.0. The van der Waals surface area contributed by atoms with Crippen molar-refractivity contribution in [3.8, 4) is 0 Å². The second-order valence-corrected chi connectivity index (χ2v) is 6.14. The molecule has 1 aromatic carbocycles. The maximum Gasteiger partial charge on any atom is 0.0982 e. The van der Waals surface area contributed by atoms with Gasteiger partial charge in [-0.3, -0.25) is 4.21 Å². The van der Waals surface area contributed by atoms with E-state index < -0.39 is 10.8 Å². The van der Waals surface area contributed by atoms with Gasteiger partial charge < -0.3 is 14.9 Å². The molecule has 0 fully saturated rings. The lowest BCUT2D eigenvalue weighted by molar-refractivity contribution is 0.223. The Balaban J connectivity index is 0.00000180. The molecule has 1 aliphatic rings. The van der Waals surface area contributed by atoms with E-state index in [2.05, 4.69) is 23.1 Å². The molecule has 19 heavy (non-hydrogen) atoms. The molecule has 6 heteroatoms. The maximum atomic E-state index is 11.9. The number of rotatable bonds is 5. The highest BCUT2D eigenvalue weighted by atomic mass is 35.5. The van der Waals surface area contributed by atoms with Gasteiger partial charge in [-0.25, -0.2) is 0 Å². The fourth-order valence-corrected chi connectivity index (χ4v) is 3.50. The van der Waals surface area contributed by atoms with Crippen LogP contribution in [0, 0.1) is 0 Å². The molecule has 0 spiro atoms. The van der Waals surface area contributed by atoms with Gasteiger partial charge in [0, 0.05) is 20.1 Å². The first-order valence-corrected chi connectivity index (χ1v) is 7.45.